The first-order chi connectivity index (χ1) is 11.3. The second-order valence-electron chi connectivity index (χ2n) is 6.56. The molecular formula is C17H27N3O2S. The molecular weight excluding hydrogens is 310 g/mol. The van der Waals surface area contributed by atoms with Crippen LogP contribution >= 0.6 is 11.8 Å². The molecule has 1 aromatic rings. The topological polar surface area (TPSA) is 56.3 Å². The van der Waals surface area contributed by atoms with Crippen molar-refractivity contribution in [1.29, 1.82) is 0 Å². The zero-order valence-electron chi connectivity index (χ0n) is 13.9. The van der Waals surface area contributed by atoms with E-state index in [1.807, 2.05) is 11.8 Å². The minimum Gasteiger partial charge on any atom is -0.476 e. The first-order valence-corrected chi connectivity index (χ1v) is 9.84. The summed E-state index contributed by atoms with van der Waals surface area (Å²) in [5.74, 6) is 2.12. The zero-order valence-corrected chi connectivity index (χ0v) is 14.7. The van der Waals surface area contributed by atoms with Gasteiger partial charge < -0.3 is 14.8 Å². The molecule has 23 heavy (non-hydrogen) atoms. The van der Waals surface area contributed by atoms with Gasteiger partial charge in [0.05, 0.1) is 19.0 Å². The Balaban J connectivity index is 1.52. The summed E-state index contributed by atoms with van der Waals surface area (Å²) < 4.78 is 11.6. The van der Waals surface area contributed by atoms with E-state index in [1.165, 1.54) is 25.7 Å². The molecule has 2 aliphatic rings. The van der Waals surface area contributed by atoms with E-state index in [9.17, 15) is 0 Å². The predicted molar refractivity (Wildman–Crippen MR) is 94.3 cm³/mol. The van der Waals surface area contributed by atoms with Gasteiger partial charge in [-0.05, 0) is 37.9 Å². The number of thioether (sulfide) groups is 1. The van der Waals surface area contributed by atoms with Crippen LogP contribution in [0.5, 0.6) is 5.88 Å². The first kappa shape index (κ1) is 16.8. The first-order valence-electron chi connectivity index (χ1n) is 8.61. The lowest BCUT2D eigenvalue weighted by molar-refractivity contribution is 0.0802. The Labute approximate surface area is 143 Å². The lowest BCUT2D eigenvalue weighted by atomic mass is 9.99. The van der Waals surface area contributed by atoms with Crippen molar-refractivity contribution in [3.05, 3.63) is 12.4 Å². The Hall–Kier alpha value is -1.01. The maximum atomic E-state index is 5.84. The number of rotatable bonds is 7. The van der Waals surface area contributed by atoms with Gasteiger partial charge in [-0.1, -0.05) is 12.8 Å². The summed E-state index contributed by atoms with van der Waals surface area (Å²) in [5.41, 5.74) is 0. The van der Waals surface area contributed by atoms with Gasteiger partial charge in [0.15, 0.2) is 0 Å². The smallest absolute Gasteiger partial charge is 0.234 e. The van der Waals surface area contributed by atoms with Gasteiger partial charge in [-0.25, -0.2) is 0 Å². The summed E-state index contributed by atoms with van der Waals surface area (Å²) in [6.45, 7) is 3.35. The van der Waals surface area contributed by atoms with E-state index in [0.717, 1.165) is 45.0 Å². The number of nitrogens with one attached hydrogen (secondary N) is 1. The van der Waals surface area contributed by atoms with Gasteiger partial charge in [0.2, 0.25) is 5.88 Å². The Morgan fingerprint density at radius 3 is 2.83 bits per heavy atom. The fourth-order valence-electron chi connectivity index (χ4n) is 3.33. The molecule has 2 fully saturated rings. The molecule has 1 saturated carbocycles. The molecule has 1 N–H and O–H groups in total. The highest BCUT2D eigenvalue weighted by atomic mass is 32.2. The molecule has 0 unspecified atom stereocenters. The van der Waals surface area contributed by atoms with Crippen LogP contribution in [0.25, 0.3) is 0 Å². The second-order valence-corrected chi connectivity index (χ2v) is 7.83. The molecule has 1 aromatic heterocycles. The monoisotopic (exact) mass is 337 g/mol. The van der Waals surface area contributed by atoms with Crippen molar-refractivity contribution in [3.63, 3.8) is 0 Å². The van der Waals surface area contributed by atoms with Gasteiger partial charge in [0.25, 0.3) is 0 Å². The van der Waals surface area contributed by atoms with Crippen LogP contribution in [0.3, 0.4) is 0 Å². The largest absolute Gasteiger partial charge is 0.476 e. The third-order valence-corrected chi connectivity index (χ3v) is 6.40. The molecule has 1 aliphatic heterocycles. The maximum Gasteiger partial charge on any atom is 0.234 e. The number of hydrogen-bond acceptors (Lipinski definition) is 6. The standard InChI is InChI=1S/C17H27N3O2S/c1-23-17(6-8-21-9-7-17)13-19-15-10-18-11-16(20-15)22-12-14-4-2-3-5-14/h10-11,14H,2-9,12-13H2,1H3,(H,19,20). The fraction of sp³-hybridized carbons (Fsp3) is 0.765. The summed E-state index contributed by atoms with van der Waals surface area (Å²) in [6.07, 6.45) is 13.0. The minimum absolute atomic E-state index is 0.237. The summed E-state index contributed by atoms with van der Waals surface area (Å²) >= 11 is 1.92. The van der Waals surface area contributed by atoms with E-state index in [2.05, 4.69) is 21.5 Å². The van der Waals surface area contributed by atoms with Crippen molar-refractivity contribution in [2.24, 2.45) is 5.92 Å². The van der Waals surface area contributed by atoms with E-state index in [1.54, 1.807) is 12.4 Å². The Kier molecular flexibility index (Phi) is 6.00. The number of hydrogen-bond donors (Lipinski definition) is 1. The molecule has 1 saturated heterocycles. The highest BCUT2D eigenvalue weighted by Gasteiger charge is 2.31. The van der Waals surface area contributed by atoms with Crippen LogP contribution in [0.2, 0.25) is 0 Å². The highest BCUT2D eigenvalue weighted by molar-refractivity contribution is 8.00. The lowest BCUT2D eigenvalue weighted by Crippen LogP contribution is -2.39. The Morgan fingerprint density at radius 1 is 1.30 bits per heavy atom. The van der Waals surface area contributed by atoms with E-state index < -0.39 is 0 Å². The average Bonchev–Trinajstić information content (AvgIpc) is 3.13. The molecule has 6 heteroatoms. The van der Waals surface area contributed by atoms with Gasteiger partial charge in [-0.3, -0.25) is 4.98 Å². The van der Waals surface area contributed by atoms with Gasteiger partial charge in [-0.2, -0.15) is 16.7 Å². The van der Waals surface area contributed by atoms with Crippen molar-refractivity contribution in [2.45, 2.75) is 43.3 Å². The number of anilines is 1. The highest BCUT2D eigenvalue weighted by Crippen LogP contribution is 2.34. The molecule has 5 nitrogen and oxygen atoms in total. The van der Waals surface area contributed by atoms with Crippen LogP contribution in [-0.2, 0) is 4.74 Å². The lowest BCUT2D eigenvalue weighted by Gasteiger charge is -2.35. The van der Waals surface area contributed by atoms with Crippen LogP contribution in [-0.4, -0.2) is 47.3 Å². The number of ether oxygens (including phenoxy) is 2. The normalized spacial score (nSPS) is 21.3. The maximum absolute atomic E-state index is 5.84. The van der Waals surface area contributed by atoms with Crippen LogP contribution in [0.4, 0.5) is 5.82 Å². The fourth-order valence-corrected chi connectivity index (χ4v) is 4.12. The number of nitrogens with zero attached hydrogens (tertiary/aromatic N) is 2. The molecule has 0 bridgehead atoms. The van der Waals surface area contributed by atoms with E-state index >= 15 is 0 Å². The Morgan fingerprint density at radius 2 is 2.09 bits per heavy atom. The van der Waals surface area contributed by atoms with E-state index in [4.69, 9.17) is 9.47 Å². The van der Waals surface area contributed by atoms with Crippen molar-refractivity contribution < 1.29 is 9.47 Å². The van der Waals surface area contributed by atoms with Crippen LogP contribution in [0.1, 0.15) is 38.5 Å². The molecule has 0 spiro atoms. The zero-order chi connectivity index (χ0) is 16.0. The van der Waals surface area contributed by atoms with Crippen molar-refractivity contribution in [3.8, 4) is 5.88 Å². The van der Waals surface area contributed by atoms with Gasteiger partial charge in [-0.15, -0.1) is 0 Å². The summed E-state index contributed by atoms with van der Waals surface area (Å²) in [7, 11) is 0. The third kappa shape index (κ3) is 4.73. The number of aromatic nitrogens is 2. The predicted octanol–water partition coefficient (Wildman–Crippen LogP) is 3.37. The minimum atomic E-state index is 0.237. The van der Waals surface area contributed by atoms with Crippen molar-refractivity contribution in [1.82, 2.24) is 9.97 Å². The molecule has 0 radical (unpaired) electrons. The molecule has 0 aromatic carbocycles. The SMILES string of the molecule is CSC1(CNc2cncc(OCC3CCCC3)n2)CCOCC1. The Bertz CT molecular complexity index is 488. The molecule has 2 heterocycles. The van der Waals surface area contributed by atoms with Gasteiger partial charge in [0, 0.05) is 24.5 Å². The van der Waals surface area contributed by atoms with Crippen LogP contribution in [0, 0.1) is 5.92 Å². The van der Waals surface area contributed by atoms with E-state index in [0.29, 0.717) is 11.8 Å². The quantitative estimate of drug-likeness (QED) is 0.823. The van der Waals surface area contributed by atoms with Gasteiger partial charge in [0.1, 0.15) is 5.82 Å². The molecule has 1 aliphatic carbocycles. The molecule has 128 valence electrons. The van der Waals surface area contributed by atoms with Crippen LogP contribution < -0.4 is 10.1 Å². The molecule has 3 rings (SSSR count). The summed E-state index contributed by atoms with van der Waals surface area (Å²) in [5, 5.41) is 3.44. The summed E-state index contributed by atoms with van der Waals surface area (Å²) in [6, 6.07) is 0. The average molecular weight is 337 g/mol. The van der Waals surface area contributed by atoms with Gasteiger partial charge >= 0.3 is 0 Å². The van der Waals surface area contributed by atoms with Crippen LogP contribution in [0.15, 0.2) is 12.4 Å². The third-order valence-electron chi connectivity index (χ3n) is 4.98. The second kappa shape index (κ2) is 8.20. The van der Waals surface area contributed by atoms with Crippen molar-refractivity contribution >= 4 is 17.6 Å². The summed E-state index contributed by atoms with van der Waals surface area (Å²) in [4.78, 5) is 8.81. The molecule has 0 atom stereocenters. The van der Waals surface area contributed by atoms with E-state index in [-0.39, 0.29) is 4.75 Å². The van der Waals surface area contributed by atoms with Crippen molar-refractivity contribution in [2.75, 3.05) is 37.9 Å². The molecule has 0 amide bonds.